The van der Waals surface area contributed by atoms with E-state index in [0.717, 1.165) is 19.4 Å². The molecule has 0 amide bonds. The SMILES string of the molecule is CCCCn1ncsc1=N. The van der Waals surface area contributed by atoms with Gasteiger partial charge in [0.05, 0.1) is 0 Å². The normalized spacial score (nSPS) is 10.1. The van der Waals surface area contributed by atoms with Crippen LogP contribution in [-0.2, 0) is 6.54 Å². The topological polar surface area (TPSA) is 41.7 Å². The van der Waals surface area contributed by atoms with E-state index in [1.165, 1.54) is 11.3 Å². The average Bonchev–Trinajstić information content (AvgIpc) is 2.31. The van der Waals surface area contributed by atoms with Gasteiger partial charge in [-0.25, -0.2) is 4.68 Å². The highest BCUT2D eigenvalue weighted by atomic mass is 32.1. The molecule has 1 heterocycles. The first-order chi connectivity index (χ1) is 4.84. The summed E-state index contributed by atoms with van der Waals surface area (Å²) in [6, 6.07) is 0. The fourth-order valence-corrected chi connectivity index (χ4v) is 1.23. The van der Waals surface area contributed by atoms with E-state index in [2.05, 4.69) is 12.0 Å². The van der Waals surface area contributed by atoms with Gasteiger partial charge in [0, 0.05) is 6.54 Å². The lowest BCUT2D eigenvalue weighted by Crippen LogP contribution is -2.14. The number of hydrogen-bond acceptors (Lipinski definition) is 3. The molecule has 0 aliphatic carbocycles. The molecular weight excluding hydrogens is 146 g/mol. The number of rotatable bonds is 3. The summed E-state index contributed by atoms with van der Waals surface area (Å²) in [5.74, 6) is 0. The first-order valence-electron chi connectivity index (χ1n) is 3.39. The monoisotopic (exact) mass is 157 g/mol. The van der Waals surface area contributed by atoms with Crippen LogP contribution in [0.15, 0.2) is 5.51 Å². The van der Waals surface area contributed by atoms with Crippen LogP contribution in [0.1, 0.15) is 19.8 Å². The highest BCUT2D eigenvalue weighted by Gasteiger charge is 1.91. The van der Waals surface area contributed by atoms with Crippen molar-refractivity contribution < 1.29 is 0 Å². The van der Waals surface area contributed by atoms with Crippen molar-refractivity contribution in [2.24, 2.45) is 0 Å². The third-order valence-corrected chi connectivity index (χ3v) is 1.94. The van der Waals surface area contributed by atoms with Gasteiger partial charge in [-0.1, -0.05) is 24.7 Å². The third kappa shape index (κ3) is 1.67. The molecule has 0 unspecified atom stereocenters. The van der Waals surface area contributed by atoms with E-state index in [0.29, 0.717) is 4.80 Å². The lowest BCUT2D eigenvalue weighted by molar-refractivity contribution is 0.549. The minimum Gasteiger partial charge on any atom is -0.274 e. The molecule has 0 atom stereocenters. The van der Waals surface area contributed by atoms with Gasteiger partial charge in [0.1, 0.15) is 5.51 Å². The Morgan fingerprint density at radius 3 is 3.10 bits per heavy atom. The number of nitrogens with zero attached hydrogens (tertiary/aromatic N) is 2. The van der Waals surface area contributed by atoms with E-state index in [1.54, 1.807) is 10.2 Å². The first-order valence-corrected chi connectivity index (χ1v) is 4.27. The maximum atomic E-state index is 7.35. The van der Waals surface area contributed by atoms with Crippen molar-refractivity contribution in [1.82, 2.24) is 9.78 Å². The van der Waals surface area contributed by atoms with Gasteiger partial charge in [-0.3, -0.25) is 5.41 Å². The molecular formula is C6H11N3S. The number of nitrogens with one attached hydrogen (secondary N) is 1. The van der Waals surface area contributed by atoms with E-state index < -0.39 is 0 Å². The number of aromatic nitrogens is 2. The molecule has 0 saturated heterocycles. The van der Waals surface area contributed by atoms with Gasteiger partial charge in [-0.05, 0) is 6.42 Å². The highest BCUT2D eigenvalue weighted by Crippen LogP contribution is 1.90. The number of aryl methyl sites for hydroxylation is 1. The van der Waals surface area contributed by atoms with Crippen molar-refractivity contribution in [1.29, 1.82) is 5.41 Å². The Morgan fingerprint density at radius 2 is 2.60 bits per heavy atom. The van der Waals surface area contributed by atoms with Crippen LogP contribution in [0.5, 0.6) is 0 Å². The molecule has 0 fully saturated rings. The molecule has 1 rings (SSSR count). The Morgan fingerprint density at radius 1 is 1.80 bits per heavy atom. The predicted molar refractivity (Wildman–Crippen MR) is 40.9 cm³/mol. The Bertz CT molecular complexity index is 237. The van der Waals surface area contributed by atoms with E-state index in [9.17, 15) is 0 Å². The summed E-state index contributed by atoms with van der Waals surface area (Å²) >= 11 is 1.37. The standard InChI is InChI=1S/C6H11N3S/c1-2-3-4-9-6(7)10-5-8-9/h5,7H,2-4H2,1H3. The summed E-state index contributed by atoms with van der Waals surface area (Å²) in [5.41, 5.74) is 1.71. The molecule has 56 valence electrons. The molecule has 0 aliphatic heterocycles. The van der Waals surface area contributed by atoms with Crippen molar-refractivity contribution in [3.63, 3.8) is 0 Å². The second kappa shape index (κ2) is 3.51. The van der Waals surface area contributed by atoms with Crippen LogP contribution in [-0.4, -0.2) is 9.78 Å². The molecule has 1 N–H and O–H groups in total. The minimum atomic E-state index is 0.549. The van der Waals surface area contributed by atoms with E-state index in [1.807, 2.05) is 0 Å². The molecule has 0 saturated carbocycles. The summed E-state index contributed by atoms with van der Waals surface area (Å²) in [7, 11) is 0. The van der Waals surface area contributed by atoms with Crippen molar-refractivity contribution in [3.05, 3.63) is 10.3 Å². The summed E-state index contributed by atoms with van der Waals surface area (Å²) < 4.78 is 1.73. The van der Waals surface area contributed by atoms with Crippen LogP contribution in [0.3, 0.4) is 0 Å². The lowest BCUT2D eigenvalue weighted by atomic mass is 10.3. The highest BCUT2D eigenvalue weighted by molar-refractivity contribution is 7.06. The first kappa shape index (κ1) is 7.47. The second-order valence-corrected chi connectivity index (χ2v) is 2.95. The van der Waals surface area contributed by atoms with Gasteiger partial charge in [0.25, 0.3) is 0 Å². The maximum absolute atomic E-state index is 7.35. The van der Waals surface area contributed by atoms with E-state index in [4.69, 9.17) is 5.41 Å². The van der Waals surface area contributed by atoms with Crippen LogP contribution >= 0.6 is 11.3 Å². The largest absolute Gasteiger partial charge is 0.274 e. The van der Waals surface area contributed by atoms with E-state index >= 15 is 0 Å². The zero-order valence-corrected chi connectivity index (χ0v) is 6.82. The van der Waals surface area contributed by atoms with Crippen LogP contribution in [0.2, 0.25) is 0 Å². The Labute approximate surface area is 63.8 Å². The fourth-order valence-electron chi connectivity index (χ4n) is 0.711. The van der Waals surface area contributed by atoms with Gasteiger partial charge in [0.15, 0.2) is 4.80 Å². The summed E-state index contributed by atoms with van der Waals surface area (Å²) in [5, 5.41) is 11.3. The molecule has 1 aromatic heterocycles. The van der Waals surface area contributed by atoms with Crippen molar-refractivity contribution >= 4 is 11.3 Å². The van der Waals surface area contributed by atoms with Gasteiger partial charge in [0.2, 0.25) is 0 Å². The number of unbranched alkanes of at least 4 members (excludes halogenated alkanes) is 1. The Balaban J connectivity index is 2.57. The molecule has 0 aromatic carbocycles. The van der Waals surface area contributed by atoms with Crippen LogP contribution < -0.4 is 4.80 Å². The average molecular weight is 157 g/mol. The van der Waals surface area contributed by atoms with Gasteiger partial charge in [-0.2, -0.15) is 5.10 Å². The van der Waals surface area contributed by atoms with Crippen LogP contribution in [0, 0.1) is 5.41 Å². The smallest absolute Gasteiger partial charge is 0.199 e. The molecule has 0 spiro atoms. The molecule has 0 aliphatic rings. The van der Waals surface area contributed by atoms with Crippen LogP contribution in [0.4, 0.5) is 0 Å². The zero-order valence-electron chi connectivity index (χ0n) is 6.00. The predicted octanol–water partition coefficient (Wildman–Crippen LogP) is 1.22. The molecule has 0 bridgehead atoms. The van der Waals surface area contributed by atoms with E-state index in [-0.39, 0.29) is 0 Å². The fraction of sp³-hybridized carbons (Fsp3) is 0.667. The Kier molecular flexibility index (Phi) is 2.62. The van der Waals surface area contributed by atoms with Gasteiger partial charge in [-0.15, -0.1) is 0 Å². The molecule has 4 heteroatoms. The molecule has 1 aromatic rings. The van der Waals surface area contributed by atoms with Crippen molar-refractivity contribution in [2.45, 2.75) is 26.3 Å². The lowest BCUT2D eigenvalue weighted by Gasteiger charge is -1.95. The Hall–Kier alpha value is -0.640. The zero-order chi connectivity index (χ0) is 7.40. The maximum Gasteiger partial charge on any atom is 0.199 e. The third-order valence-electron chi connectivity index (χ3n) is 1.31. The molecule has 3 nitrogen and oxygen atoms in total. The second-order valence-electron chi connectivity index (χ2n) is 2.12. The van der Waals surface area contributed by atoms with Crippen molar-refractivity contribution in [2.75, 3.05) is 0 Å². The summed E-state index contributed by atoms with van der Waals surface area (Å²) in [6.45, 7) is 3.02. The van der Waals surface area contributed by atoms with Gasteiger partial charge < -0.3 is 0 Å². The summed E-state index contributed by atoms with van der Waals surface area (Å²) in [4.78, 5) is 0.549. The molecule has 10 heavy (non-hydrogen) atoms. The minimum absolute atomic E-state index is 0.549. The van der Waals surface area contributed by atoms with Crippen molar-refractivity contribution in [3.8, 4) is 0 Å². The summed E-state index contributed by atoms with van der Waals surface area (Å²) in [6.07, 6.45) is 2.27. The number of hydrogen-bond donors (Lipinski definition) is 1. The van der Waals surface area contributed by atoms with Gasteiger partial charge >= 0.3 is 0 Å². The molecule has 0 radical (unpaired) electrons. The van der Waals surface area contributed by atoms with Crippen LogP contribution in [0.25, 0.3) is 0 Å². The quantitative estimate of drug-likeness (QED) is 0.704.